The van der Waals surface area contributed by atoms with Crippen molar-refractivity contribution in [3.05, 3.63) is 27.9 Å². The van der Waals surface area contributed by atoms with Crippen LogP contribution in [0, 0.1) is 0 Å². The van der Waals surface area contributed by atoms with Crippen molar-refractivity contribution in [2.45, 2.75) is 6.54 Å². The number of phenols is 1. The lowest BCUT2D eigenvalue weighted by atomic mass is 10.1. The first-order chi connectivity index (χ1) is 7.56. The molecule has 0 aliphatic heterocycles. The third-order valence-electron chi connectivity index (χ3n) is 2.43. The largest absolute Gasteiger partial charge is 0.506 e. The number of nitrogens with one attached hydrogen (secondary N) is 1. The van der Waals surface area contributed by atoms with E-state index in [1.165, 1.54) is 6.20 Å². The van der Waals surface area contributed by atoms with Crippen LogP contribution in [-0.4, -0.2) is 21.2 Å². The number of benzene rings is 1. The second-order valence-corrected chi connectivity index (χ2v) is 4.17. The summed E-state index contributed by atoms with van der Waals surface area (Å²) in [5.41, 5.74) is 6.68. The van der Waals surface area contributed by atoms with Crippen LogP contribution >= 0.6 is 15.9 Å². The summed E-state index contributed by atoms with van der Waals surface area (Å²) < 4.78 is 0.485. The van der Waals surface area contributed by atoms with Crippen LogP contribution in [0.4, 0.5) is 0 Å². The lowest BCUT2D eigenvalue weighted by Crippen LogP contribution is -2.01. The molecule has 0 radical (unpaired) electrons. The minimum absolute atomic E-state index is 0.0166. The van der Waals surface area contributed by atoms with E-state index >= 15 is 0 Å². The van der Waals surface area contributed by atoms with E-state index in [0.717, 1.165) is 0 Å². The summed E-state index contributed by atoms with van der Waals surface area (Å²) in [6.07, 6.45) is 1.39. The van der Waals surface area contributed by atoms with Gasteiger partial charge < -0.3 is 20.9 Å². The highest BCUT2D eigenvalue weighted by Gasteiger charge is 2.18. The zero-order valence-corrected chi connectivity index (χ0v) is 9.71. The molecule has 0 saturated carbocycles. The molecule has 0 aliphatic carbocycles. The first kappa shape index (κ1) is 11.0. The van der Waals surface area contributed by atoms with Crippen LogP contribution in [0.2, 0.25) is 0 Å². The molecule has 0 unspecified atom stereocenters. The van der Waals surface area contributed by atoms with Crippen LogP contribution in [0.15, 0.2) is 16.7 Å². The van der Waals surface area contributed by atoms with Gasteiger partial charge in [0.1, 0.15) is 5.75 Å². The zero-order chi connectivity index (χ0) is 11.9. The molecule has 0 spiro atoms. The minimum atomic E-state index is -1.05. The van der Waals surface area contributed by atoms with Gasteiger partial charge in [0.25, 0.3) is 0 Å². The van der Waals surface area contributed by atoms with Crippen molar-refractivity contribution in [3.63, 3.8) is 0 Å². The Labute approximate surface area is 99.0 Å². The summed E-state index contributed by atoms with van der Waals surface area (Å²) in [5.74, 6) is -1.07. The Kier molecular flexibility index (Phi) is 2.61. The van der Waals surface area contributed by atoms with E-state index in [1.807, 2.05) is 0 Å². The Balaban J connectivity index is 2.91. The van der Waals surface area contributed by atoms with E-state index in [1.54, 1.807) is 6.07 Å². The van der Waals surface area contributed by atoms with Gasteiger partial charge in [-0.25, -0.2) is 4.79 Å². The number of H-pyrrole nitrogens is 1. The summed E-state index contributed by atoms with van der Waals surface area (Å²) in [7, 11) is 0. The molecule has 6 heteroatoms. The predicted octanol–water partition coefficient (Wildman–Crippen LogP) is 1.79. The molecule has 1 aromatic carbocycles. The minimum Gasteiger partial charge on any atom is -0.506 e. The topological polar surface area (TPSA) is 99.3 Å². The molecule has 0 fully saturated rings. The van der Waals surface area contributed by atoms with Gasteiger partial charge >= 0.3 is 5.97 Å². The van der Waals surface area contributed by atoms with Crippen molar-refractivity contribution in [1.29, 1.82) is 0 Å². The highest BCUT2D eigenvalue weighted by molar-refractivity contribution is 9.10. The average Bonchev–Trinajstić information content (AvgIpc) is 2.63. The second-order valence-electron chi connectivity index (χ2n) is 3.32. The van der Waals surface area contributed by atoms with Crippen molar-refractivity contribution < 1.29 is 15.0 Å². The van der Waals surface area contributed by atoms with E-state index in [-0.39, 0.29) is 17.9 Å². The van der Waals surface area contributed by atoms with Crippen LogP contribution in [0.1, 0.15) is 15.9 Å². The van der Waals surface area contributed by atoms with Gasteiger partial charge in [-0.3, -0.25) is 0 Å². The molecule has 5 N–H and O–H groups in total. The SMILES string of the molecule is NCc1c(O)c(Br)cc2[nH]cc(C(=O)O)c12. The first-order valence-corrected chi connectivity index (χ1v) is 5.30. The van der Waals surface area contributed by atoms with Gasteiger partial charge in [-0.05, 0) is 22.0 Å². The zero-order valence-electron chi connectivity index (χ0n) is 8.12. The first-order valence-electron chi connectivity index (χ1n) is 4.51. The monoisotopic (exact) mass is 284 g/mol. The van der Waals surface area contributed by atoms with Gasteiger partial charge in [0, 0.05) is 29.2 Å². The van der Waals surface area contributed by atoms with Crippen LogP contribution in [0.3, 0.4) is 0 Å². The number of carboxylic acid groups (broad SMARTS) is 1. The van der Waals surface area contributed by atoms with Crippen molar-refractivity contribution in [3.8, 4) is 5.75 Å². The fraction of sp³-hybridized carbons (Fsp3) is 0.100. The highest BCUT2D eigenvalue weighted by Crippen LogP contribution is 2.35. The van der Waals surface area contributed by atoms with Gasteiger partial charge in [-0.1, -0.05) is 0 Å². The number of phenolic OH excluding ortho intramolecular Hbond substituents is 1. The summed E-state index contributed by atoms with van der Waals surface area (Å²) >= 11 is 3.18. The van der Waals surface area contributed by atoms with E-state index in [9.17, 15) is 9.90 Å². The fourth-order valence-electron chi connectivity index (χ4n) is 1.70. The Morgan fingerprint density at radius 2 is 2.25 bits per heavy atom. The molecule has 1 heterocycles. The highest BCUT2D eigenvalue weighted by atomic mass is 79.9. The quantitative estimate of drug-likeness (QED) is 0.676. The molecule has 16 heavy (non-hydrogen) atoms. The lowest BCUT2D eigenvalue weighted by Gasteiger charge is -2.06. The molecular weight excluding hydrogens is 276 g/mol. The number of aromatic carboxylic acids is 1. The molecule has 0 saturated heterocycles. The number of carbonyl (C=O) groups is 1. The maximum atomic E-state index is 11.0. The third-order valence-corrected chi connectivity index (χ3v) is 3.03. The summed E-state index contributed by atoms with van der Waals surface area (Å²) in [6, 6.07) is 1.62. The number of aromatic hydroxyl groups is 1. The number of aromatic amines is 1. The molecule has 2 rings (SSSR count). The van der Waals surface area contributed by atoms with Gasteiger partial charge in [0.2, 0.25) is 0 Å². The summed E-state index contributed by atoms with van der Waals surface area (Å²) in [6.45, 7) is 0.0694. The van der Waals surface area contributed by atoms with E-state index in [2.05, 4.69) is 20.9 Å². The van der Waals surface area contributed by atoms with Gasteiger partial charge in [0.15, 0.2) is 0 Å². The van der Waals surface area contributed by atoms with Gasteiger partial charge in [0.05, 0.1) is 10.0 Å². The molecule has 0 bridgehead atoms. The number of hydrogen-bond donors (Lipinski definition) is 4. The predicted molar refractivity (Wildman–Crippen MR) is 62.5 cm³/mol. The molecule has 84 valence electrons. The maximum absolute atomic E-state index is 11.0. The molecule has 1 aromatic heterocycles. The smallest absolute Gasteiger partial charge is 0.337 e. The average molecular weight is 285 g/mol. The summed E-state index contributed by atoms with van der Waals surface area (Å²) in [4.78, 5) is 13.8. The number of aromatic nitrogens is 1. The molecule has 0 aliphatic rings. The Morgan fingerprint density at radius 3 is 2.81 bits per heavy atom. The van der Waals surface area contributed by atoms with Crippen LogP contribution < -0.4 is 5.73 Å². The third kappa shape index (κ3) is 1.46. The van der Waals surface area contributed by atoms with E-state index in [4.69, 9.17) is 10.8 Å². The summed E-state index contributed by atoms with van der Waals surface area (Å²) in [5, 5.41) is 19.2. The van der Waals surface area contributed by atoms with E-state index < -0.39 is 5.97 Å². The van der Waals surface area contributed by atoms with Crippen LogP contribution in [0.25, 0.3) is 10.9 Å². The van der Waals surface area contributed by atoms with Gasteiger partial charge in [-0.15, -0.1) is 0 Å². The van der Waals surface area contributed by atoms with Crippen molar-refractivity contribution in [2.24, 2.45) is 5.73 Å². The molecule has 2 aromatic rings. The van der Waals surface area contributed by atoms with Crippen molar-refractivity contribution in [1.82, 2.24) is 4.98 Å². The molecule has 5 nitrogen and oxygen atoms in total. The Morgan fingerprint density at radius 1 is 1.56 bits per heavy atom. The number of rotatable bonds is 2. The number of fused-ring (bicyclic) bond motifs is 1. The molecular formula is C10H9BrN2O3. The lowest BCUT2D eigenvalue weighted by molar-refractivity contribution is 0.0699. The van der Waals surface area contributed by atoms with Crippen molar-refractivity contribution in [2.75, 3.05) is 0 Å². The second kappa shape index (κ2) is 3.80. The van der Waals surface area contributed by atoms with Gasteiger partial charge in [-0.2, -0.15) is 0 Å². The standard InChI is InChI=1S/C10H9BrN2O3/c11-6-1-7-8(4(2-12)9(6)14)5(3-13-7)10(15)16/h1,3,13-14H,2,12H2,(H,15,16). The normalized spacial score (nSPS) is 10.9. The molecule has 0 atom stereocenters. The van der Waals surface area contributed by atoms with E-state index in [0.29, 0.717) is 20.9 Å². The van der Waals surface area contributed by atoms with Crippen LogP contribution in [0.5, 0.6) is 5.75 Å². The maximum Gasteiger partial charge on any atom is 0.337 e. The number of carboxylic acids is 1. The fourth-order valence-corrected chi connectivity index (χ4v) is 2.17. The number of nitrogens with two attached hydrogens (primary N) is 1. The Bertz CT molecular complexity index is 577. The number of hydrogen-bond acceptors (Lipinski definition) is 3. The number of halogens is 1. The van der Waals surface area contributed by atoms with Crippen LogP contribution in [-0.2, 0) is 6.54 Å². The Hall–Kier alpha value is -1.53. The van der Waals surface area contributed by atoms with Crippen molar-refractivity contribution >= 4 is 32.8 Å². The molecule has 0 amide bonds.